The summed E-state index contributed by atoms with van der Waals surface area (Å²) in [7, 11) is 0. The Morgan fingerprint density at radius 1 is 1.26 bits per heavy atom. The third-order valence-corrected chi connectivity index (χ3v) is 10.4. The van der Waals surface area contributed by atoms with Crippen molar-refractivity contribution in [3.05, 3.63) is 23.0 Å². The lowest BCUT2D eigenvalue weighted by atomic mass is 9.44. The van der Waals surface area contributed by atoms with Crippen molar-refractivity contribution in [2.24, 2.45) is 22.7 Å². The van der Waals surface area contributed by atoms with Gasteiger partial charge in [-0.3, -0.25) is 14.4 Å². The van der Waals surface area contributed by atoms with Crippen molar-refractivity contribution in [3.8, 4) is 0 Å². The van der Waals surface area contributed by atoms with Crippen LogP contribution < -0.4 is 0 Å². The predicted octanol–water partition coefficient (Wildman–Crippen LogP) is 3.96. The van der Waals surface area contributed by atoms with E-state index in [2.05, 4.69) is 0 Å². The molecule has 1 saturated heterocycles. The number of aliphatic hydroxyl groups is 1. The molecule has 8 atom stereocenters. The van der Waals surface area contributed by atoms with E-state index >= 15 is 4.39 Å². The Balaban J connectivity index is 1.61. The largest absolute Gasteiger partial charge is 0.497 e. The number of aldehydes is 1. The summed E-state index contributed by atoms with van der Waals surface area (Å²) in [5.41, 5.74) is -4.76. The number of carbonyl (C=O) groups excluding carboxylic acids is 3. The second-order valence-corrected chi connectivity index (χ2v) is 13.0. The van der Waals surface area contributed by atoms with Crippen LogP contribution in [0.1, 0.15) is 66.7 Å². The Kier molecular flexibility index (Phi) is 6.89. The lowest BCUT2D eigenvalue weighted by molar-refractivity contribution is -0.248. The van der Waals surface area contributed by atoms with Gasteiger partial charge in [-0.2, -0.15) is 0 Å². The number of carbonyl (C=O) groups is 3. The number of allylic oxidation sites excluding steroid dienone is 4. The Morgan fingerprint density at radius 2 is 1.97 bits per heavy atom. The minimum Gasteiger partial charge on any atom is -0.497 e. The van der Waals surface area contributed by atoms with Gasteiger partial charge >= 0.3 is 5.97 Å². The highest BCUT2D eigenvalue weighted by Gasteiger charge is 2.80. The van der Waals surface area contributed by atoms with Crippen LogP contribution >= 0.6 is 11.6 Å². The molecule has 216 valence electrons. The smallest absolute Gasteiger partial charge is 0.303 e. The van der Waals surface area contributed by atoms with Gasteiger partial charge < -0.3 is 24.1 Å². The molecule has 0 aromatic carbocycles. The van der Waals surface area contributed by atoms with Crippen molar-refractivity contribution >= 4 is 29.6 Å². The van der Waals surface area contributed by atoms with E-state index in [1.54, 1.807) is 26.8 Å². The van der Waals surface area contributed by atoms with E-state index in [0.29, 0.717) is 48.7 Å². The Hall–Kier alpha value is -1.81. The van der Waals surface area contributed by atoms with Gasteiger partial charge in [0.2, 0.25) is 5.78 Å². The molecule has 0 amide bonds. The summed E-state index contributed by atoms with van der Waals surface area (Å²) in [5, 5.41) is 11.8. The fourth-order valence-electron chi connectivity index (χ4n) is 8.75. The summed E-state index contributed by atoms with van der Waals surface area (Å²) in [6, 6.07) is 0. The van der Waals surface area contributed by atoms with Gasteiger partial charge in [0.1, 0.15) is 18.6 Å². The molecule has 1 unspecified atom stereocenters. The zero-order valence-corrected chi connectivity index (χ0v) is 23.9. The number of hydrogen-bond acceptors (Lipinski definition) is 8. The van der Waals surface area contributed by atoms with Crippen LogP contribution in [0.4, 0.5) is 4.39 Å². The lowest BCUT2D eigenvalue weighted by Gasteiger charge is -2.63. The van der Waals surface area contributed by atoms with Crippen molar-refractivity contribution < 1.29 is 42.8 Å². The van der Waals surface area contributed by atoms with Gasteiger partial charge in [0.15, 0.2) is 18.0 Å². The quantitative estimate of drug-likeness (QED) is 0.279. The third kappa shape index (κ3) is 3.82. The number of Topliss-reactive ketones (excluding diaryl/α,β-unsaturated/α-hetero) is 1. The highest BCUT2D eigenvalue weighted by atomic mass is 35.5. The first-order valence-corrected chi connectivity index (χ1v) is 14.2. The molecule has 39 heavy (non-hydrogen) atoms. The number of hydrogen-bond donors (Lipinski definition) is 1. The van der Waals surface area contributed by atoms with Crippen LogP contribution in [0.3, 0.4) is 0 Å². The molecule has 1 heterocycles. The topological polar surface area (TPSA) is 108 Å². The van der Waals surface area contributed by atoms with Crippen LogP contribution in [0.15, 0.2) is 23.0 Å². The number of aliphatic hydroxyl groups excluding tert-OH is 1. The van der Waals surface area contributed by atoms with Crippen LogP contribution in [-0.2, 0) is 33.3 Å². The molecular weight excluding hydrogens is 531 g/mol. The first-order chi connectivity index (χ1) is 18.2. The summed E-state index contributed by atoms with van der Waals surface area (Å²) in [4.78, 5) is 37.8. The van der Waals surface area contributed by atoms with Crippen molar-refractivity contribution in [2.75, 3.05) is 19.1 Å². The number of ketones is 1. The molecule has 0 bridgehead atoms. The van der Waals surface area contributed by atoms with E-state index in [1.807, 2.05) is 6.92 Å². The normalized spacial score (nSPS) is 43.9. The van der Waals surface area contributed by atoms with Crippen molar-refractivity contribution in [3.63, 3.8) is 0 Å². The predicted molar refractivity (Wildman–Crippen MR) is 138 cm³/mol. The molecule has 0 spiro atoms. The van der Waals surface area contributed by atoms with Gasteiger partial charge in [0.25, 0.3) is 0 Å². The molecular formula is C29H38ClFO8. The molecule has 1 aliphatic heterocycles. The molecule has 5 aliphatic rings. The van der Waals surface area contributed by atoms with Gasteiger partial charge in [0.05, 0.1) is 23.8 Å². The van der Waals surface area contributed by atoms with Gasteiger partial charge in [0, 0.05) is 30.1 Å². The van der Waals surface area contributed by atoms with Gasteiger partial charge in [-0.1, -0.05) is 13.8 Å². The molecule has 10 heteroatoms. The molecule has 5 rings (SSSR count). The van der Waals surface area contributed by atoms with Crippen LogP contribution in [0.5, 0.6) is 0 Å². The second kappa shape index (κ2) is 9.36. The molecule has 1 N–H and O–H groups in total. The molecule has 0 aromatic heterocycles. The Bertz CT molecular complexity index is 1150. The lowest BCUT2D eigenvalue weighted by Crippen LogP contribution is -2.70. The zero-order chi connectivity index (χ0) is 28.6. The average Bonchev–Trinajstić information content (AvgIpc) is 3.27. The van der Waals surface area contributed by atoms with E-state index in [4.69, 9.17) is 30.5 Å². The van der Waals surface area contributed by atoms with Crippen LogP contribution in [0.25, 0.3) is 0 Å². The Labute approximate surface area is 233 Å². The van der Waals surface area contributed by atoms with E-state index in [9.17, 15) is 19.5 Å². The number of ether oxygens (including phenoxy) is 4. The van der Waals surface area contributed by atoms with E-state index in [1.165, 1.54) is 6.92 Å². The van der Waals surface area contributed by atoms with Crippen LogP contribution in [0, 0.1) is 22.7 Å². The Morgan fingerprint density at radius 3 is 2.62 bits per heavy atom. The molecule has 4 aliphatic carbocycles. The number of halogens is 2. The van der Waals surface area contributed by atoms with Gasteiger partial charge in [-0.15, -0.1) is 11.6 Å². The fourth-order valence-corrected chi connectivity index (χ4v) is 8.83. The maximum absolute atomic E-state index is 17.8. The summed E-state index contributed by atoms with van der Waals surface area (Å²) >= 11 is 5.78. The number of esters is 1. The van der Waals surface area contributed by atoms with E-state index in [0.717, 1.165) is 6.29 Å². The first-order valence-electron chi connectivity index (χ1n) is 13.7. The van der Waals surface area contributed by atoms with Crippen LogP contribution in [0.2, 0.25) is 0 Å². The number of rotatable bonds is 7. The van der Waals surface area contributed by atoms with Gasteiger partial charge in [-0.25, -0.2) is 4.39 Å². The highest BCUT2D eigenvalue weighted by Crippen LogP contribution is 2.72. The molecule has 0 aromatic rings. The minimum atomic E-state index is -2.07. The zero-order valence-electron chi connectivity index (χ0n) is 23.2. The van der Waals surface area contributed by atoms with Crippen molar-refractivity contribution in [1.82, 2.24) is 0 Å². The first kappa shape index (κ1) is 28.7. The van der Waals surface area contributed by atoms with E-state index in [-0.39, 0.29) is 12.8 Å². The van der Waals surface area contributed by atoms with Crippen molar-refractivity contribution in [1.29, 1.82) is 0 Å². The molecule has 8 nitrogen and oxygen atoms in total. The number of alkyl halides is 2. The SMILES string of the molecule is CC(=O)OCC(=O)[C@@]12OC(C)(C)O[C@H]1C[C@H]1[C@@H]3CC(C=O)=C4C=C(OCCCl)CC[C@]4(C)C3(F)[C@@H](O)C[C@@]12C. The standard InChI is InChI=1S/C29H38ClFO8/c1-16(33)37-15-23(35)29-24(38-25(2,3)39-29)12-20-21-10-17(14-32)19-11-18(36-9-8-30)6-7-26(19,4)28(21,31)22(34)13-27(20,29)5/h11,14,20-22,24,34H,6-10,12-13,15H2,1-5H3/t20-,21-,22-,24-,26-,27-,28?,29+/m0/s1. The third-order valence-electron chi connectivity index (χ3n) is 10.3. The van der Waals surface area contributed by atoms with Crippen molar-refractivity contribution in [2.45, 2.75) is 96.0 Å². The maximum Gasteiger partial charge on any atom is 0.303 e. The summed E-state index contributed by atoms with van der Waals surface area (Å²) in [6.45, 7) is 8.07. The maximum atomic E-state index is 17.8. The highest BCUT2D eigenvalue weighted by molar-refractivity contribution is 6.18. The summed E-state index contributed by atoms with van der Waals surface area (Å²) < 4.78 is 41.3. The molecule has 0 radical (unpaired) electrons. The van der Waals surface area contributed by atoms with Gasteiger partial charge in [-0.05, 0) is 62.7 Å². The van der Waals surface area contributed by atoms with E-state index < -0.39 is 70.3 Å². The minimum absolute atomic E-state index is 0.0506. The molecule has 3 fully saturated rings. The second-order valence-electron chi connectivity index (χ2n) is 12.6. The summed E-state index contributed by atoms with van der Waals surface area (Å²) in [5.74, 6) is -2.43. The van der Waals surface area contributed by atoms with Crippen LogP contribution in [-0.4, -0.2) is 71.5 Å². The average molecular weight is 569 g/mol. The monoisotopic (exact) mass is 568 g/mol. The summed E-state index contributed by atoms with van der Waals surface area (Å²) in [6.07, 6.45) is 1.52. The molecule has 2 saturated carbocycles. The fraction of sp³-hybridized carbons (Fsp3) is 0.759. The number of fused-ring (bicyclic) bond motifs is 7.